The number of nitrogens with zero attached hydrogens (tertiary/aromatic N) is 10. The molecule has 37 heteroatoms. The zero-order chi connectivity index (χ0) is 92.1. The summed E-state index contributed by atoms with van der Waals surface area (Å²) in [4.78, 5) is 75.5. The van der Waals surface area contributed by atoms with Gasteiger partial charge in [-0.2, -0.15) is 0 Å². The first kappa shape index (κ1) is 93.4. The Kier molecular flexibility index (Phi) is 28.4. The highest BCUT2D eigenvalue weighted by atomic mass is 127. The molecular weight excluding hydrogens is 1770 g/mol. The smallest absolute Gasteiger partial charge is 0.411 e. The van der Waals surface area contributed by atoms with Crippen LogP contribution in [0, 0.1) is 3.57 Å². The fraction of sp³-hybridized carbons (Fsp3) is 0.484. The highest BCUT2D eigenvalue weighted by Gasteiger charge is 2.52. The summed E-state index contributed by atoms with van der Waals surface area (Å²) in [6.45, 7) is 35.4. The lowest BCUT2D eigenvalue weighted by Gasteiger charge is -2.40. The molecule has 688 valence electrons. The maximum Gasteiger partial charge on any atom is 0.411 e. The molecule has 31 nitrogen and oxygen atoms in total. The number of methoxy groups -OCH3 is 4. The number of rotatable bonds is 26. The first-order valence-electron chi connectivity index (χ1n) is 45.2. The predicted molar refractivity (Wildman–Crippen MR) is 508 cm³/mol. The minimum absolute atomic E-state index is 0.103. The monoisotopic (exact) mass is 1890 g/mol. The number of carbonyl (C=O) groups is 4. The fourth-order valence-corrected chi connectivity index (χ4v) is 21.4. The van der Waals surface area contributed by atoms with Gasteiger partial charge in [0.2, 0.25) is 0 Å². The Bertz CT molecular complexity index is 5310. The van der Waals surface area contributed by atoms with Gasteiger partial charge in [-0.3, -0.25) is 19.2 Å². The summed E-state index contributed by atoms with van der Waals surface area (Å²) in [5.41, 5.74) is 11.8. The first-order valence-corrected chi connectivity index (χ1v) is 46.3. The summed E-state index contributed by atoms with van der Waals surface area (Å²) in [5.74, 6) is 2.42. The molecular formula is C93H118B5IN10O21. The second-order valence-electron chi connectivity index (χ2n) is 36.0. The molecule has 5 N–H and O–H groups in total. The van der Waals surface area contributed by atoms with E-state index >= 15 is 0 Å². The Morgan fingerprint density at radius 1 is 0.385 bits per heavy atom. The van der Waals surface area contributed by atoms with Crippen molar-refractivity contribution in [1.82, 2.24) is 24.4 Å². The summed E-state index contributed by atoms with van der Waals surface area (Å²) >= 11 is 2.26. The van der Waals surface area contributed by atoms with Crippen molar-refractivity contribution in [2.24, 2.45) is 0 Å². The molecule has 130 heavy (non-hydrogen) atoms. The van der Waals surface area contributed by atoms with Crippen LogP contribution in [0.2, 0.25) is 34.1 Å². The lowest BCUT2D eigenvalue weighted by molar-refractivity contribution is -0.194. The van der Waals surface area contributed by atoms with Gasteiger partial charge in [-0.05, 0) is 218 Å². The SMILES string of the molecule is C=C1C[C@H]2[C@H](C)N(B(C)O)c3cc(OCc4cc(COc5cc6c(cc5OC)C(=O)N5CC(=C)C[C@H]5[C@H](OC5CCCCO5)N6B(C)O)cc(N5CCN(B(C)O)CC5)c4)c(OC)cc3C(=O)N2C1.C=C1C[C@H]2[C@H](C)N(B(C)O)c3cc(OCc4cc(I)cc(COc5cc6c(cc5OC)C(=O)N5CC(=C)C[C@H]5[C@H](OC5CCCCO5)N6B(C)O)c4)c(OC)cc3C(=O)N2C1. The summed E-state index contributed by atoms with van der Waals surface area (Å²) < 4.78 is 75.8. The van der Waals surface area contributed by atoms with Gasteiger partial charge in [0.05, 0.1) is 74.9 Å². The van der Waals surface area contributed by atoms with Crippen molar-refractivity contribution < 1.29 is 101 Å². The van der Waals surface area contributed by atoms with Crippen molar-refractivity contribution in [1.29, 1.82) is 0 Å². The maximum absolute atomic E-state index is 14.4. The quantitative estimate of drug-likeness (QED) is 0.0191. The Hall–Kier alpha value is -9.79. The summed E-state index contributed by atoms with van der Waals surface area (Å²) in [6, 6.07) is 24.6. The van der Waals surface area contributed by atoms with Crippen LogP contribution < -0.4 is 62.0 Å². The second kappa shape index (κ2) is 39.6. The number of carbonyl (C=O) groups excluding carboxylic acids is 4. The standard InChI is InChI=1S/C49H65B3N6O11.C44H53B2IN4O10/c1-30-17-38-32(3)57(51(5)62)39-24-44(42(64-7)22-36(39)47(59)55(38)26-30)67-28-33-19-34(21-35(20-33)53-12-14-54(15-13-53)50(4)61)29-68-45-25-40-37(23-43(45)65-8)48(60)56-27-31(2)18-41(56)49(58(40)52(6)63)69-46-11-9-10-16-66-46;1-25-12-33-27(3)50(45(4)54)34-19-39(37(56-6)17-31(34)42(52)48(33)21-25)59-23-28-14-29(16-30(47)15-28)24-60-40-20-35-32(18-38(40)57-7)43(53)49-22-26(2)13-36(49)44(51(35)46(5)55)61-41-10-8-9-11-58-41/h19-25,32,38,41,46,49,61-63H,1-2,9-18,26-29H2,3-8H3;14-20,27,33,36,41,44,54-55H,1-2,8-13,21-24H2,3-7H3/t32-,38-,41-,46?,49-;27-,33-,36-,41?,44-/m00/s1. The van der Waals surface area contributed by atoms with Crippen molar-refractivity contribution in [3.63, 3.8) is 0 Å². The number of amides is 4. The predicted octanol–water partition coefficient (Wildman–Crippen LogP) is 10.9. The van der Waals surface area contributed by atoms with Crippen LogP contribution in [-0.2, 0) is 45.4 Å². The van der Waals surface area contributed by atoms with Crippen molar-refractivity contribution >= 4 is 110 Å². The molecule has 7 saturated heterocycles. The number of hydrogen-bond acceptors (Lipinski definition) is 27. The molecule has 0 aromatic heterocycles. The molecule has 11 heterocycles. The minimum Gasteiger partial charge on any atom is -0.493 e. The normalized spacial score (nSPS) is 23.7. The lowest BCUT2D eigenvalue weighted by atomic mass is 9.80. The molecule has 4 amide bonds. The molecule has 0 spiro atoms. The van der Waals surface area contributed by atoms with Gasteiger partial charge in [0.1, 0.15) is 38.9 Å². The van der Waals surface area contributed by atoms with Crippen molar-refractivity contribution in [2.45, 2.75) is 200 Å². The van der Waals surface area contributed by atoms with E-state index in [1.807, 2.05) is 62.3 Å². The third-order valence-electron chi connectivity index (χ3n) is 26.9. The van der Waals surface area contributed by atoms with Crippen molar-refractivity contribution in [2.75, 3.05) is 118 Å². The Morgan fingerprint density at radius 3 is 0.977 bits per heavy atom. The van der Waals surface area contributed by atoms with E-state index in [1.165, 1.54) is 21.3 Å². The third-order valence-corrected chi connectivity index (χ3v) is 27.5. The zero-order valence-corrected chi connectivity index (χ0v) is 78.3. The van der Waals surface area contributed by atoms with Crippen LogP contribution in [0.15, 0.2) is 134 Å². The number of halogens is 1. The Labute approximate surface area is 776 Å². The number of ether oxygens (including phenoxy) is 12. The molecule has 0 saturated carbocycles. The summed E-state index contributed by atoms with van der Waals surface area (Å²) in [5, 5.41) is 55.4. The molecule has 2 unspecified atom stereocenters. The average molecular weight is 1890 g/mol. The van der Waals surface area contributed by atoms with Gasteiger partial charge in [-0.25, -0.2) is 0 Å². The van der Waals surface area contributed by atoms with Crippen LogP contribution in [0.5, 0.6) is 46.0 Å². The molecule has 10 atom stereocenters. The van der Waals surface area contributed by atoms with Gasteiger partial charge in [0, 0.05) is 134 Å². The van der Waals surface area contributed by atoms with E-state index in [9.17, 15) is 44.3 Å². The average Bonchev–Trinajstić information content (AvgIpc) is 1.61. The Balaban J connectivity index is 0.000000192. The van der Waals surface area contributed by atoms with E-state index in [-0.39, 0.29) is 80.3 Å². The number of anilines is 5. The topological polar surface area (TPSA) is 313 Å². The molecule has 11 aliphatic heterocycles. The van der Waals surface area contributed by atoms with Gasteiger partial charge in [-0.15, -0.1) is 0 Å². The maximum atomic E-state index is 14.4. The van der Waals surface area contributed by atoms with Gasteiger partial charge < -0.3 is 131 Å². The zero-order valence-electron chi connectivity index (χ0n) is 76.2. The van der Waals surface area contributed by atoms with Gasteiger partial charge in [0.25, 0.3) is 23.6 Å². The van der Waals surface area contributed by atoms with Crippen LogP contribution >= 0.6 is 22.6 Å². The second-order valence-corrected chi connectivity index (χ2v) is 37.2. The molecule has 11 aliphatic rings. The third kappa shape index (κ3) is 19.0. The molecule has 17 rings (SSSR count). The van der Waals surface area contributed by atoms with E-state index in [0.29, 0.717) is 189 Å². The number of piperazine rings is 1. The minimum atomic E-state index is -1.05. The van der Waals surface area contributed by atoms with Crippen LogP contribution in [0.1, 0.15) is 142 Å². The molecule has 6 aromatic carbocycles. The number of hydrogen-bond donors (Lipinski definition) is 5. The summed E-state index contributed by atoms with van der Waals surface area (Å²) in [7, 11) is 1.75. The van der Waals surface area contributed by atoms with E-state index < -0.39 is 66.3 Å². The molecule has 6 aromatic rings. The fourth-order valence-electron chi connectivity index (χ4n) is 20.6. The van der Waals surface area contributed by atoms with E-state index in [4.69, 9.17) is 56.8 Å². The van der Waals surface area contributed by atoms with Crippen LogP contribution in [0.4, 0.5) is 28.4 Å². The highest BCUT2D eigenvalue weighted by molar-refractivity contribution is 14.1. The van der Waals surface area contributed by atoms with Gasteiger partial charge in [0.15, 0.2) is 58.6 Å². The van der Waals surface area contributed by atoms with Crippen molar-refractivity contribution in [3.8, 4) is 46.0 Å². The van der Waals surface area contributed by atoms with Crippen LogP contribution in [-0.4, -0.2) is 264 Å². The summed E-state index contributed by atoms with van der Waals surface area (Å²) in [6.07, 6.45) is 5.23. The number of benzene rings is 6. The van der Waals surface area contributed by atoms with E-state index in [2.05, 4.69) is 65.9 Å². The van der Waals surface area contributed by atoms with E-state index in [1.54, 1.807) is 109 Å². The van der Waals surface area contributed by atoms with Crippen molar-refractivity contribution in [3.05, 3.63) is 182 Å². The lowest BCUT2D eigenvalue weighted by Crippen LogP contribution is -2.56. The van der Waals surface area contributed by atoms with E-state index in [0.717, 1.165) is 85.9 Å². The highest BCUT2D eigenvalue weighted by Crippen LogP contribution is 2.50. The number of fused-ring (bicyclic) bond motifs is 8. The molecule has 0 bridgehead atoms. The van der Waals surface area contributed by atoms with Gasteiger partial charge in [-0.1, -0.05) is 48.6 Å². The largest absolute Gasteiger partial charge is 0.493 e. The molecule has 7 fully saturated rings. The molecule has 0 aliphatic carbocycles. The van der Waals surface area contributed by atoms with Crippen LogP contribution in [0.3, 0.4) is 0 Å². The van der Waals surface area contributed by atoms with Gasteiger partial charge >= 0.3 is 35.3 Å². The van der Waals surface area contributed by atoms with Crippen LogP contribution in [0.25, 0.3) is 0 Å². The Morgan fingerprint density at radius 2 is 0.685 bits per heavy atom. The molecule has 0 radical (unpaired) electrons. The first-order chi connectivity index (χ1) is 62.4.